The number of rotatable bonds is 3. The molecule has 100 valence electrons. The molecule has 1 aromatic rings. The molecule has 0 unspecified atom stereocenters. The lowest BCUT2D eigenvalue weighted by Crippen LogP contribution is -2.07. The highest BCUT2D eigenvalue weighted by molar-refractivity contribution is 6.04. The Morgan fingerprint density at radius 3 is 2.11 bits per heavy atom. The van der Waals surface area contributed by atoms with E-state index in [0.29, 0.717) is 6.07 Å². The Morgan fingerprint density at radius 1 is 1.11 bits per heavy atom. The second-order valence-electron chi connectivity index (χ2n) is 3.36. The molecule has 2 nitrogen and oxygen atoms in total. The van der Waals surface area contributed by atoms with Gasteiger partial charge in [0.15, 0.2) is 17.4 Å². The van der Waals surface area contributed by atoms with Crippen LogP contribution in [0.1, 0.15) is 24.2 Å². The molecule has 0 aromatic heterocycles. The maximum absolute atomic E-state index is 13.2. The third-order valence-corrected chi connectivity index (χ3v) is 1.81. The van der Waals surface area contributed by atoms with E-state index in [1.807, 2.05) is 13.8 Å². The first-order valence-corrected chi connectivity index (χ1v) is 5.46. The van der Waals surface area contributed by atoms with Crippen molar-refractivity contribution in [2.45, 2.75) is 13.8 Å². The molecular formula is C13H16F3NO. The van der Waals surface area contributed by atoms with E-state index in [4.69, 9.17) is 0 Å². The number of allylic oxidation sites excluding steroid dienone is 1. The third kappa shape index (κ3) is 4.24. The summed E-state index contributed by atoms with van der Waals surface area (Å²) in [5, 5.41) is 0. The summed E-state index contributed by atoms with van der Waals surface area (Å²) in [7, 11) is 3.28. The second-order valence-corrected chi connectivity index (χ2v) is 3.36. The van der Waals surface area contributed by atoms with Gasteiger partial charge in [-0.05, 0) is 12.1 Å². The van der Waals surface area contributed by atoms with Gasteiger partial charge < -0.3 is 4.90 Å². The van der Waals surface area contributed by atoms with Crippen LogP contribution in [0.15, 0.2) is 24.4 Å². The molecule has 0 aliphatic carbocycles. The Bertz CT molecular complexity index is 442. The fourth-order valence-corrected chi connectivity index (χ4v) is 1.05. The molecule has 0 spiro atoms. The predicted octanol–water partition coefficient (Wildman–Crippen LogP) is 3.39. The van der Waals surface area contributed by atoms with E-state index in [2.05, 4.69) is 0 Å². The van der Waals surface area contributed by atoms with Crippen LogP contribution in [0, 0.1) is 17.5 Å². The summed E-state index contributed by atoms with van der Waals surface area (Å²) in [6, 6.07) is 1.35. The summed E-state index contributed by atoms with van der Waals surface area (Å²) in [5.74, 6) is -4.70. The monoisotopic (exact) mass is 259 g/mol. The molecular weight excluding hydrogens is 243 g/mol. The van der Waals surface area contributed by atoms with Crippen molar-refractivity contribution in [2.24, 2.45) is 0 Å². The highest BCUT2D eigenvalue weighted by Crippen LogP contribution is 2.16. The molecule has 0 fully saturated rings. The van der Waals surface area contributed by atoms with Crippen LogP contribution in [0.5, 0.6) is 0 Å². The first-order valence-electron chi connectivity index (χ1n) is 5.46. The first kappa shape index (κ1) is 16.2. The van der Waals surface area contributed by atoms with Crippen LogP contribution in [0.3, 0.4) is 0 Å². The number of carbonyl (C=O) groups excluding carboxylic acids is 1. The van der Waals surface area contributed by atoms with Crippen LogP contribution in [-0.2, 0) is 0 Å². The number of benzene rings is 1. The minimum atomic E-state index is -1.46. The number of halogens is 3. The summed E-state index contributed by atoms with van der Waals surface area (Å²) in [5.41, 5.74) is -0.877. The van der Waals surface area contributed by atoms with Gasteiger partial charge in [-0.25, -0.2) is 13.2 Å². The van der Waals surface area contributed by atoms with Gasteiger partial charge >= 0.3 is 0 Å². The zero-order chi connectivity index (χ0) is 14.3. The number of hydrogen-bond acceptors (Lipinski definition) is 2. The average Bonchev–Trinajstić information content (AvgIpc) is 2.34. The third-order valence-electron chi connectivity index (χ3n) is 1.81. The van der Waals surface area contributed by atoms with Crippen molar-refractivity contribution in [1.82, 2.24) is 4.90 Å². The molecule has 0 saturated carbocycles. The Labute approximate surface area is 105 Å². The van der Waals surface area contributed by atoms with E-state index in [9.17, 15) is 18.0 Å². The number of carbonyl (C=O) groups is 1. The molecule has 0 N–H and O–H groups in total. The highest BCUT2D eigenvalue weighted by Gasteiger charge is 2.18. The molecule has 0 radical (unpaired) electrons. The molecule has 1 rings (SSSR count). The molecule has 1 aromatic carbocycles. The largest absolute Gasteiger partial charge is 0.383 e. The quantitative estimate of drug-likeness (QED) is 0.471. The minimum absolute atomic E-state index is 0.636. The van der Waals surface area contributed by atoms with Crippen LogP contribution in [0.25, 0.3) is 0 Å². The lowest BCUT2D eigenvalue weighted by molar-refractivity contribution is 0.103. The first-order chi connectivity index (χ1) is 8.43. The van der Waals surface area contributed by atoms with Crippen LogP contribution >= 0.6 is 0 Å². The minimum Gasteiger partial charge on any atom is -0.383 e. The van der Waals surface area contributed by atoms with E-state index < -0.39 is 28.8 Å². The van der Waals surface area contributed by atoms with Gasteiger partial charge in [0.2, 0.25) is 0 Å². The normalized spacial score (nSPS) is 9.94. The Hall–Kier alpha value is -1.78. The molecule has 18 heavy (non-hydrogen) atoms. The summed E-state index contributed by atoms with van der Waals surface area (Å²) in [4.78, 5) is 12.9. The number of nitrogens with zero attached hydrogens (tertiary/aromatic N) is 1. The SMILES string of the molecule is CC.CN(C)/C=C/C(=O)c1c(F)ccc(F)c1F. The predicted molar refractivity (Wildman–Crippen MR) is 64.8 cm³/mol. The lowest BCUT2D eigenvalue weighted by atomic mass is 10.1. The van der Waals surface area contributed by atoms with E-state index in [0.717, 1.165) is 12.1 Å². The zero-order valence-corrected chi connectivity index (χ0v) is 10.8. The highest BCUT2D eigenvalue weighted by atomic mass is 19.2. The standard InChI is InChI=1S/C11H10F3NO.C2H6/c1-15(2)6-5-9(16)10-7(12)3-4-8(13)11(10)14;1-2/h3-6H,1-2H3;1-2H3/b6-5+;. The van der Waals surface area contributed by atoms with Crippen molar-refractivity contribution in [1.29, 1.82) is 0 Å². The second kappa shape index (κ2) is 7.53. The van der Waals surface area contributed by atoms with Crippen LogP contribution in [-0.4, -0.2) is 24.8 Å². The maximum atomic E-state index is 13.2. The van der Waals surface area contributed by atoms with Gasteiger partial charge in [0.1, 0.15) is 5.82 Å². The fourth-order valence-electron chi connectivity index (χ4n) is 1.05. The molecule has 5 heteroatoms. The Balaban J connectivity index is 0.00000137. The topological polar surface area (TPSA) is 20.3 Å². The van der Waals surface area contributed by atoms with Crippen molar-refractivity contribution in [3.8, 4) is 0 Å². The van der Waals surface area contributed by atoms with E-state index in [1.54, 1.807) is 14.1 Å². The van der Waals surface area contributed by atoms with Crippen molar-refractivity contribution in [2.75, 3.05) is 14.1 Å². The molecule has 0 saturated heterocycles. The van der Waals surface area contributed by atoms with E-state index >= 15 is 0 Å². The van der Waals surface area contributed by atoms with Gasteiger partial charge in [-0.15, -0.1) is 0 Å². The molecule has 0 atom stereocenters. The van der Waals surface area contributed by atoms with Crippen LogP contribution in [0.4, 0.5) is 13.2 Å². The fraction of sp³-hybridized carbons (Fsp3) is 0.308. The van der Waals surface area contributed by atoms with Crippen molar-refractivity contribution in [3.63, 3.8) is 0 Å². The van der Waals surface area contributed by atoms with Gasteiger partial charge in [-0.3, -0.25) is 4.79 Å². The van der Waals surface area contributed by atoms with Crippen molar-refractivity contribution < 1.29 is 18.0 Å². The molecule has 0 aliphatic heterocycles. The van der Waals surface area contributed by atoms with E-state index in [1.165, 1.54) is 11.1 Å². The lowest BCUT2D eigenvalue weighted by Gasteiger charge is -2.04. The van der Waals surface area contributed by atoms with Gasteiger partial charge in [0.25, 0.3) is 0 Å². The van der Waals surface area contributed by atoms with Gasteiger partial charge in [-0.1, -0.05) is 13.8 Å². The summed E-state index contributed by atoms with van der Waals surface area (Å²) in [6.07, 6.45) is 2.30. The molecule has 0 aliphatic rings. The Kier molecular flexibility index (Phi) is 6.78. The zero-order valence-electron chi connectivity index (χ0n) is 10.8. The van der Waals surface area contributed by atoms with Gasteiger partial charge in [0, 0.05) is 26.4 Å². The van der Waals surface area contributed by atoms with Crippen molar-refractivity contribution >= 4 is 5.78 Å². The van der Waals surface area contributed by atoms with Crippen molar-refractivity contribution in [3.05, 3.63) is 47.4 Å². The Morgan fingerprint density at radius 2 is 1.61 bits per heavy atom. The smallest absolute Gasteiger partial charge is 0.193 e. The van der Waals surface area contributed by atoms with E-state index in [-0.39, 0.29) is 0 Å². The summed E-state index contributed by atoms with van der Waals surface area (Å²) >= 11 is 0. The van der Waals surface area contributed by atoms with Gasteiger partial charge in [0.05, 0.1) is 5.56 Å². The molecule has 0 bridgehead atoms. The van der Waals surface area contributed by atoms with Gasteiger partial charge in [-0.2, -0.15) is 0 Å². The summed E-state index contributed by atoms with van der Waals surface area (Å²) < 4.78 is 39.1. The van der Waals surface area contributed by atoms with Crippen LogP contribution in [0.2, 0.25) is 0 Å². The average molecular weight is 259 g/mol. The number of hydrogen-bond donors (Lipinski definition) is 0. The molecule has 0 amide bonds. The molecule has 0 heterocycles. The summed E-state index contributed by atoms with van der Waals surface area (Å²) in [6.45, 7) is 4.00. The maximum Gasteiger partial charge on any atom is 0.193 e. The number of ketones is 1. The van der Waals surface area contributed by atoms with Crippen LogP contribution < -0.4 is 0 Å².